The van der Waals surface area contributed by atoms with Crippen LogP contribution in [0.1, 0.15) is 44.0 Å². The maximum atomic E-state index is 6.03. The van der Waals surface area contributed by atoms with Gasteiger partial charge in [-0.2, -0.15) is 0 Å². The predicted octanol–water partition coefficient (Wildman–Crippen LogP) is 5.05. The zero-order valence-corrected chi connectivity index (χ0v) is 16.9. The Morgan fingerprint density at radius 2 is 1.68 bits per heavy atom. The number of aryl methyl sites for hydroxylation is 1. The molecule has 1 saturated heterocycles. The van der Waals surface area contributed by atoms with Gasteiger partial charge >= 0.3 is 0 Å². The van der Waals surface area contributed by atoms with Crippen molar-refractivity contribution in [2.24, 2.45) is 0 Å². The third-order valence-electron chi connectivity index (χ3n) is 5.71. The first-order valence-electron chi connectivity index (χ1n) is 10.7. The molecule has 0 atom stereocenters. The maximum Gasteiger partial charge on any atom is 0.124 e. The number of para-hydroxylation sites is 2. The van der Waals surface area contributed by atoms with E-state index in [0.29, 0.717) is 6.61 Å². The molecule has 4 heteroatoms. The van der Waals surface area contributed by atoms with E-state index in [-0.39, 0.29) is 0 Å². The summed E-state index contributed by atoms with van der Waals surface area (Å²) in [6, 6.07) is 16.9. The number of imidazole rings is 1. The van der Waals surface area contributed by atoms with Crippen LogP contribution in [0.25, 0.3) is 11.0 Å². The van der Waals surface area contributed by atoms with Crippen molar-refractivity contribution < 1.29 is 4.74 Å². The Morgan fingerprint density at radius 3 is 2.43 bits per heavy atom. The molecule has 1 aliphatic heterocycles. The normalized spacial score (nSPS) is 15.6. The van der Waals surface area contributed by atoms with Crippen LogP contribution in [0.5, 0.6) is 5.75 Å². The Balaban J connectivity index is 1.47. The van der Waals surface area contributed by atoms with Gasteiger partial charge in [0.15, 0.2) is 0 Å². The summed E-state index contributed by atoms with van der Waals surface area (Å²) >= 11 is 0. The van der Waals surface area contributed by atoms with Crippen LogP contribution in [0.3, 0.4) is 0 Å². The minimum atomic E-state index is 0.652. The Bertz CT molecular complexity index is 877. The fourth-order valence-corrected chi connectivity index (χ4v) is 4.07. The summed E-state index contributed by atoms with van der Waals surface area (Å²) in [6.45, 7) is 6.94. The van der Waals surface area contributed by atoms with Crippen LogP contribution in [0.4, 0.5) is 0 Å². The zero-order chi connectivity index (χ0) is 19.2. The molecular formula is C24H31N3O. The standard InChI is InChI=1S/C24H31N3O/c1-2-20-11-13-21(14-12-20)28-18-17-27-23-10-6-5-9-22(23)25-24(27)19-26-15-7-3-4-8-16-26/h5-6,9-14H,2-4,7-8,15-19H2,1H3. The molecular weight excluding hydrogens is 346 g/mol. The quantitative estimate of drug-likeness (QED) is 0.577. The average Bonchev–Trinajstić information content (AvgIpc) is 2.89. The second kappa shape index (κ2) is 9.24. The van der Waals surface area contributed by atoms with Crippen LogP contribution in [-0.2, 0) is 19.5 Å². The van der Waals surface area contributed by atoms with E-state index < -0.39 is 0 Å². The lowest BCUT2D eigenvalue weighted by molar-refractivity contribution is 0.258. The van der Waals surface area contributed by atoms with Crippen molar-refractivity contribution in [1.82, 2.24) is 14.5 Å². The molecule has 0 spiro atoms. The lowest BCUT2D eigenvalue weighted by Gasteiger charge is -2.20. The maximum absolute atomic E-state index is 6.03. The number of likely N-dealkylation sites (tertiary alicyclic amines) is 1. The summed E-state index contributed by atoms with van der Waals surface area (Å²) in [6.07, 6.45) is 6.38. The van der Waals surface area contributed by atoms with Gasteiger partial charge < -0.3 is 9.30 Å². The molecule has 0 aliphatic carbocycles. The SMILES string of the molecule is CCc1ccc(OCCn2c(CN3CCCCCC3)nc3ccccc32)cc1. The molecule has 0 radical (unpaired) electrons. The molecule has 1 aliphatic rings. The number of benzene rings is 2. The molecule has 0 saturated carbocycles. The van der Waals surface area contributed by atoms with E-state index in [1.165, 1.54) is 49.9 Å². The molecule has 1 aromatic heterocycles. The van der Waals surface area contributed by atoms with Gasteiger partial charge in [0.1, 0.15) is 18.2 Å². The van der Waals surface area contributed by atoms with Crippen LogP contribution >= 0.6 is 0 Å². The highest BCUT2D eigenvalue weighted by molar-refractivity contribution is 5.75. The summed E-state index contributed by atoms with van der Waals surface area (Å²) in [7, 11) is 0. The molecule has 4 rings (SSSR count). The number of ether oxygens (including phenoxy) is 1. The lowest BCUT2D eigenvalue weighted by Crippen LogP contribution is -2.26. The van der Waals surface area contributed by atoms with E-state index in [0.717, 1.165) is 36.6 Å². The van der Waals surface area contributed by atoms with E-state index in [1.807, 2.05) is 0 Å². The van der Waals surface area contributed by atoms with E-state index in [1.54, 1.807) is 0 Å². The molecule has 4 nitrogen and oxygen atoms in total. The third-order valence-corrected chi connectivity index (χ3v) is 5.71. The van der Waals surface area contributed by atoms with Crippen LogP contribution in [0.2, 0.25) is 0 Å². The first kappa shape index (κ1) is 19.0. The van der Waals surface area contributed by atoms with E-state index in [2.05, 4.69) is 64.9 Å². The van der Waals surface area contributed by atoms with Gasteiger partial charge in [-0.25, -0.2) is 4.98 Å². The lowest BCUT2D eigenvalue weighted by atomic mass is 10.2. The fourth-order valence-electron chi connectivity index (χ4n) is 4.07. The fraction of sp³-hybridized carbons (Fsp3) is 0.458. The highest BCUT2D eigenvalue weighted by atomic mass is 16.5. The van der Waals surface area contributed by atoms with Gasteiger partial charge in [-0.1, -0.05) is 44.0 Å². The topological polar surface area (TPSA) is 30.3 Å². The van der Waals surface area contributed by atoms with E-state index >= 15 is 0 Å². The predicted molar refractivity (Wildman–Crippen MR) is 115 cm³/mol. The highest BCUT2D eigenvalue weighted by Crippen LogP contribution is 2.20. The van der Waals surface area contributed by atoms with Gasteiger partial charge in [-0.3, -0.25) is 4.90 Å². The summed E-state index contributed by atoms with van der Waals surface area (Å²) < 4.78 is 8.38. The van der Waals surface area contributed by atoms with Crippen LogP contribution < -0.4 is 4.74 Å². The molecule has 0 N–H and O–H groups in total. The summed E-state index contributed by atoms with van der Waals surface area (Å²) in [4.78, 5) is 7.52. The van der Waals surface area contributed by atoms with Crippen molar-refractivity contribution in [1.29, 1.82) is 0 Å². The number of nitrogens with zero attached hydrogens (tertiary/aromatic N) is 3. The van der Waals surface area contributed by atoms with Crippen molar-refractivity contribution in [2.75, 3.05) is 19.7 Å². The second-order valence-electron chi connectivity index (χ2n) is 7.70. The van der Waals surface area contributed by atoms with Crippen molar-refractivity contribution in [3.05, 3.63) is 59.9 Å². The van der Waals surface area contributed by atoms with Crippen LogP contribution in [0.15, 0.2) is 48.5 Å². The smallest absolute Gasteiger partial charge is 0.124 e. The molecule has 148 valence electrons. The minimum absolute atomic E-state index is 0.652. The molecule has 1 fully saturated rings. The van der Waals surface area contributed by atoms with Gasteiger partial charge in [-0.15, -0.1) is 0 Å². The number of aromatic nitrogens is 2. The Morgan fingerprint density at radius 1 is 0.929 bits per heavy atom. The van der Waals surface area contributed by atoms with Gasteiger partial charge in [-0.05, 0) is 62.2 Å². The van der Waals surface area contributed by atoms with Crippen LogP contribution in [0, 0.1) is 0 Å². The van der Waals surface area contributed by atoms with Crippen molar-refractivity contribution >= 4 is 11.0 Å². The summed E-state index contributed by atoms with van der Waals surface area (Å²) in [5, 5.41) is 0. The Hall–Kier alpha value is -2.33. The molecule has 2 heterocycles. The highest BCUT2D eigenvalue weighted by Gasteiger charge is 2.15. The van der Waals surface area contributed by atoms with Gasteiger partial charge in [0.25, 0.3) is 0 Å². The molecule has 0 unspecified atom stereocenters. The number of rotatable bonds is 7. The van der Waals surface area contributed by atoms with Crippen LogP contribution in [-0.4, -0.2) is 34.1 Å². The minimum Gasteiger partial charge on any atom is -0.492 e. The van der Waals surface area contributed by atoms with Gasteiger partial charge in [0, 0.05) is 0 Å². The molecule has 0 amide bonds. The monoisotopic (exact) mass is 377 g/mol. The average molecular weight is 378 g/mol. The van der Waals surface area contributed by atoms with Crippen molar-refractivity contribution in [3.63, 3.8) is 0 Å². The third kappa shape index (κ3) is 4.56. The van der Waals surface area contributed by atoms with Gasteiger partial charge in [0.05, 0.1) is 24.1 Å². The molecule has 3 aromatic rings. The van der Waals surface area contributed by atoms with Gasteiger partial charge in [0.2, 0.25) is 0 Å². The number of hydrogen-bond donors (Lipinski definition) is 0. The summed E-state index contributed by atoms with van der Waals surface area (Å²) in [5.74, 6) is 2.10. The van der Waals surface area contributed by atoms with E-state index in [4.69, 9.17) is 9.72 Å². The Labute approximate surface area is 168 Å². The largest absolute Gasteiger partial charge is 0.492 e. The molecule has 2 aromatic carbocycles. The Kier molecular flexibility index (Phi) is 6.27. The van der Waals surface area contributed by atoms with Crippen molar-refractivity contribution in [2.45, 2.75) is 52.1 Å². The first-order chi connectivity index (χ1) is 13.8. The second-order valence-corrected chi connectivity index (χ2v) is 7.70. The zero-order valence-electron chi connectivity index (χ0n) is 16.9. The number of hydrogen-bond acceptors (Lipinski definition) is 3. The first-order valence-corrected chi connectivity index (χ1v) is 10.7. The summed E-state index contributed by atoms with van der Waals surface area (Å²) in [5.41, 5.74) is 3.63. The number of fused-ring (bicyclic) bond motifs is 1. The van der Waals surface area contributed by atoms with E-state index in [9.17, 15) is 0 Å². The van der Waals surface area contributed by atoms with Crippen molar-refractivity contribution in [3.8, 4) is 5.75 Å². The molecule has 0 bridgehead atoms. The molecule has 28 heavy (non-hydrogen) atoms.